The molecule has 2 N–H and O–H groups in total. The van der Waals surface area contributed by atoms with E-state index in [4.69, 9.17) is 5.73 Å². The molecule has 0 fully saturated rings. The summed E-state index contributed by atoms with van der Waals surface area (Å²) in [6.07, 6.45) is 0. The number of carbonyl (C=O) groups excluding carboxylic acids is 1. The van der Waals surface area contributed by atoms with Gasteiger partial charge in [-0.15, -0.1) is 0 Å². The lowest BCUT2D eigenvalue weighted by molar-refractivity contribution is -0.124. The minimum atomic E-state index is -0.391. The number of aryl methyl sites for hydroxylation is 1. The van der Waals surface area contributed by atoms with Crippen LogP contribution in [0, 0.1) is 13.8 Å². The number of amides is 1. The fraction of sp³-hybridized carbons (Fsp3) is 0.375. The number of primary amides is 1. The summed E-state index contributed by atoms with van der Waals surface area (Å²) in [6.45, 7) is 6.40. The third kappa shape index (κ3) is 2.45. The van der Waals surface area contributed by atoms with Gasteiger partial charge in [-0.3, -0.25) is 9.69 Å². The first-order chi connectivity index (χ1) is 10.1. The van der Waals surface area contributed by atoms with Crippen molar-refractivity contribution in [3.05, 3.63) is 53.1 Å². The second kappa shape index (κ2) is 5.33. The molecule has 5 nitrogen and oxygen atoms in total. The molecule has 0 spiro atoms. The van der Waals surface area contributed by atoms with Crippen LogP contribution in [0.2, 0.25) is 0 Å². The molecule has 21 heavy (non-hydrogen) atoms. The SMILES string of the molecule is Cc1nc2n(c1C)CCN(C(C(N)=O)c1ccccc1)C2. The van der Waals surface area contributed by atoms with Gasteiger partial charge < -0.3 is 10.3 Å². The average Bonchev–Trinajstić information content (AvgIpc) is 2.75. The Kier molecular flexibility index (Phi) is 3.51. The van der Waals surface area contributed by atoms with Gasteiger partial charge in [0.15, 0.2) is 0 Å². The van der Waals surface area contributed by atoms with E-state index in [9.17, 15) is 4.79 Å². The van der Waals surface area contributed by atoms with Crippen LogP contribution in [0.4, 0.5) is 0 Å². The van der Waals surface area contributed by atoms with Gasteiger partial charge in [0.25, 0.3) is 0 Å². The van der Waals surface area contributed by atoms with E-state index >= 15 is 0 Å². The van der Waals surface area contributed by atoms with Gasteiger partial charge in [-0.2, -0.15) is 0 Å². The van der Waals surface area contributed by atoms with Crippen LogP contribution in [0.5, 0.6) is 0 Å². The highest BCUT2D eigenvalue weighted by molar-refractivity contribution is 5.81. The van der Waals surface area contributed by atoms with Crippen LogP contribution >= 0.6 is 0 Å². The van der Waals surface area contributed by atoms with Crippen LogP contribution in [0.25, 0.3) is 0 Å². The number of hydrogen-bond acceptors (Lipinski definition) is 3. The van der Waals surface area contributed by atoms with Crippen molar-refractivity contribution < 1.29 is 4.79 Å². The topological polar surface area (TPSA) is 64.2 Å². The molecule has 5 heteroatoms. The number of rotatable bonds is 3. The lowest BCUT2D eigenvalue weighted by atomic mass is 10.0. The van der Waals surface area contributed by atoms with E-state index < -0.39 is 6.04 Å². The first-order valence-electron chi connectivity index (χ1n) is 7.19. The number of nitrogens with zero attached hydrogens (tertiary/aromatic N) is 3. The summed E-state index contributed by atoms with van der Waals surface area (Å²) < 4.78 is 2.23. The third-order valence-electron chi connectivity index (χ3n) is 4.24. The number of nitrogens with two attached hydrogens (primary N) is 1. The van der Waals surface area contributed by atoms with Crippen molar-refractivity contribution >= 4 is 5.91 Å². The van der Waals surface area contributed by atoms with Crippen molar-refractivity contribution in [1.82, 2.24) is 14.5 Å². The maximum Gasteiger partial charge on any atom is 0.239 e. The molecule has 1 aromatic carbocycles. The smallest absolute Gasteiger partial charge is 0.239 e. The average molecular weight is 284 g/mol. The molecule has 1 atom stereocenters. The molecule has 0 aliphatic carbocycles. The highest BCUT2D eigenvalue weighted by Gasteiger charge is 2.30. The molecule has 1 amide bonds. The molecule has 1 unspecified atom stereocenters. The molecule has 0 saturated heterocycles. The quantitative estimate of drug-likeness (QED) is 0.930. The summed E-state index contributed by atoms with van der Waals surface area (Å²) in [6, 6.07) is 9.32. The number of fused-ring (bicyclic) bond motifs is 1. The van der Waals surface area contributed by atoms with Crippen molar-refractivity contribution in [3.63, 3.8) is 0 Å². The third-order valence-corrected chi connectivity index (χ3v) is 4.24. The number of imidazole rings is 1. The Morgan fingerprint density at radius 2 is 1.95 bits per heavy atom. The van der Waals surface area contributed by atoms with E-state index in [1.807, 2.05) is 37.3 Å². The molecule has 0 saturated carbocycles. The molecule has 1 aliphatic rings. The van der Waals surface area contributed by atoms with Crippen LogP contribution < -0.4 is 5.73 Å². The molecule has 2 heterocycles. The summed E-state index contributed by atoms with van der Waals surface area (Å²) in [4.78, 5) is 18.7. The normalized spacial score (nSPS) is 16.5. The number of hydrogen-bond donors (Lipinski definition) is 1. The van der Waals surface area contributed by atoms with Crippen molar-refractivity contribution in [2.24, 2.45) is 5.73 Å². The Balaban J connectivity index is 1.91. The van der Waals surface area contributed by atoms with Crippen molar-refractivity contribution in [2.75, 3.05) is 6.54 Å². The molecular formula is C16H20N4O. The van der Waals surface area contributed by atoms with Gasteiger partial charge >= 0.3 is 0 Å². The summed E-state index contributed by atoms with van der Waals surface area (Å²) in [5.41, 5.74) is 8.86. The highest BCUT2D eigenvalue weighted by Crippen LogP contribution is 2.26. The minimum Gasteiger partial charge on any atom is -0.368 e. The monoisotopic (exact) mass is 284 g/mol. The predicted octanol–water partition coefficient (Wildman–Crippen LogP) is 1.54. The number of carbonyl (C=O) groups is 1. The Hall–Kier alpha value is -2.14. The summed E-state index contributed by atoms with van der Waals surface area (Å²) in [7, 11) is 0. The van der Waals surface area contributed by atoms with Crippen LogP contribution in [-0.2, 0) is 17.9 Å². The van der Waals surface area contributed by atoms with Crippen LogP contribution in [0.15, 0.2) is 30.3 Å². The first kappa shape index (κ1) is 13.8. The van der Waals surface area contributed by atoms with Gasteiger partial charge in [0, 0.05) is 18.8 Å². The minimum absolute atomic E-state index is 0.311. The summed E-state index contributed by atoms with van der Waals surface area (Å²) in [5.74, 6) is 0.702. The molecule has 1 aliphatic heterocycles. The Labute approximate surface area is 124 Å². The van der Waals surface area contributed by atoms with Gasteiger partial charge in [-0.1, -0.05) is 30.3 Å². The lowest BCUT2D eigenvalue weighted by Crippen LogP contribution is -2.42. The van der Waals surface area contributed by atoms with Gasteiger partial charge in [0.1, 0.15) is 11.9 Å². The maximum absolute atomic E-state index is 11.9. The van der Waals surface area contributed by atoms with E-state index in [1.54, 1.807) is 0 Å². The zero-order valence-corrected chi connectivity index (χ0v) is 12.4. The zero-order valence-electron chi connectivity index (χ0n) is 12.4. The second-order valence-electron chi connectivity index (χ2n) is 5.54. The van der Waals surface area contributed by atoms with Crippen molar-refractivity contribution in [2.45, 2.75) is 33.0 Å². The van der Waals surface area contributed by atoms with Crippen LogP contribution in [0.1, 0.15) is 28.8 Å². The molecule has 1 aromatic heterocycles. The fourth-order valence-corrected chi connectivity index (χ4v) is 3.04. The summed E-state index contributed by atoms with van der Waals surface area (Å²) >= 11 is 0. The van der Waals surface area contributed by atoms with E-state index in [0.717, 1.165) is 30.2 Å². The fourth-order valence-electron chi connectivity index (χ4n) is 3.04. The van der Waals surface area contributed by atoms with E-state index in [0.29, 0.717) is 6.54 Å². The highest BCUT2D eigenvalue weighted by atomic mass is 16.1. The van der Waals surface area contributed by atoms with Gasteiger partial charge in [-0.25, -0.2) is 4.98 Å². The van der Waals surface area contributed by atoms with E-state index in [2.05, 4.69) is 21.4 Å². The predicted molar refractivity (Wildman–Crippen MR) is 80.5 cm³/mol. The zero-order chi connectivity index (χ0) is 15.0. The number of aromatic nitrogens is 2. The lowest BCUT2D eigenvalue weighted by Gasteiger charge is -2.33. The van der Waals surface area contributed by atoms with Crippen LogP contribution in [0.3, 0.4) is 0 Å². The molecule has 3 rings (SSSR count). The molecule has 0 radical (unpaired) electrons. The molecule has 110 valence electrons. The van der Waals surface area contributed by atoms with E-state index in [1.165, 1.54) is 5.69 Å². The van der Waals surface area contributed by atoms with Crippen LogP contribution in [-0.4, -0.2) is 26.9 Å². The van der Waals surface area contributed by atoms with Gasteiger partial charge in [0.2, 0.25) is 5.91 Å². The second-order valence-corrected chi connectivity index (χ2v) is 5.54. The molecular weight excluding hydrogens is 264 g/mol. The van der Waals surface area contributed by atoms with Crippen molar-refractivity contribution in [3.8, 4) is 0 Å². The molecule has 2 aromatic rings. The largest absolute Gasteiger partial charge is 0.368 e. The molecule has 0 bridgehead atoms. The maximum atomic E-state index is 11.9. The van der Waals surface area contributed by atoms with E-state index in [-0.39, 0.29) is 5.91 Å². The Morgan fingerprint density at radius 1 is 1.24 bits per heavy atom. The first-order valence-corrected chi connectivity index (χ1v) is 7.19. The summed E-state index contributed by atoms with van der Waals surface area (Å²) in [5, 5.41) is 0. The van der Waals surface area contributed by atoms with Gasteiger partial charge in [0.05, 0.1) is 12.2 Å². The van der Waals surface area contributed by atoms with Gasteiger partial charge in [-0.05, 0) is 19.4 Å². The standard InChI is InChI=1S/C16H20N4O/c1-11-12(2)20-9-8-19(10-14(20)18-11)15(16(17)21)13-6-4-3-5-7-13/h3-7,15H,8-10H2,1-2H3,(H2,17,21). The Morgan fingerprint density at radius 3 is 2.62 bits per heavy atom. The number of benzene rings is 1. The van der Waals surface area contributed by atoms with Crippen molar-refractivity contribution in [1.29, 1.82) is 0 Å². The Bertz CT molecular complexity index is 662.